The summed E-state index contributed by atoms with van der Waals surface area (Å²) in [6.07, 6.45) is 2.41. The molecule has 1 saturated heterocycles. The van der Waals surface area contributed by atoms with Crippen molar-refractivity contribution >= 4 is 29.3 Å². The van der Waals surface area contributed by atoms with Gasteiger partial charge in [-0.05, 0) is 56.0 Å². The molecule has 1 aliphatic heterocycles. The van der Waals surface area contributed by atoms with Gasteiger partial charge in [-0.15, -0.1) is 11.8 Å². The fourth-order valence-electron chi connectivity index (χ4n) is 3.06. The van der Waals surface area contributed by atoms with Gasteiger partial charge >= 0.3 is 5.97 Å². The van der Waals surface area contributed by atoms with E-state index in [0.29, 0.717) is 11.3 Å². The summed E-state index contributed by atoms with van der Waals surface area (Å²) in [7, 11) is 0. The fourth-order valence-corrected chi connectivity index (χ4v) is 4.17. The van der Waals surface area contributed by atoms with Gasteiger partial charge in [0.2, 0.25) is 0 Å². The third-order valence-electron chi connectivity index (χ3n) is 4.84. The van der Waals surface area contributed by atoms with Crippen molar-refractivity contribution in [2.45, 2.75) is 50.2 Å². The number of amides is 1. The Bertz CT molecular complexity index is 831. The molecular formula is C23H27NO4S. The highest BCUT2D eigenvalue weighted by Crippen LogP contribution is 2.27. The summed E-state index contributed by atoms with van der Waals surface area (Å²) in [4.78, 5) is 25.9. The number of aryl methyl sites for hydroxylation is 1. The maximum absolute atomic E-state index is 12.7. The molecule has 1 heterocycles. The van der Waals surface area contributed by atoms with E-state index < -0.39 is 12.1 Å². The van der Waals surface area contributed by atoms with Crippen molar-refractivity contribution in [3.63, 3.8) is 0 Å². The molecule has 0 aliphatic carbocycles. The molecule has 3 rings (SSSR count). The molecule has 29 heavy (non-hydrogen) atoms. The molecule has 1 amide bonds. The van der Waals surface area contributed by atoms with Crippen molar-refractivity contribution in [3.8, 4) is 0 Å². The quantitative estimate of drug-likeness (QED) is 0.502. The maximum Gasteiger partial charge on any atom is 0.340 e. The summed E-state index contributed by atoms with van der Waals surface area (Å²) < 4.78 is 11.1. The minimum Gasteiger partial charge on any atom is -0.449 e. The molecule has 0 bridgehead atoms. The Morgan fingerprint density at radius 1 is 1.21 bits per heavy atom. The number of hydrogen-bond acceptors (Lipinski definition) is 5. The molecule has 0 unspecified atom stereocenters. The average molecular weight is 414 g/mol. The van der Waals surface area contributed by atoms with Crippen molar-refractivity contribution in [2.24, 2.45) is 0 Å². The van der Waals surface area contributed by atoms with Crippen molar-refractivity contribution in [3.05, 3.63) is 59.7 Å². The molecule has 0 spiro atoms. The Hall–Kier alpha value is -2.31. The topological polar surface area (TPSA) is 64.6 Å². The Balaban J connectivity index is 1.57. The zero-order valence-corrected chi connectivity index (χ0v) is 17.7. The van der Waals surface area contributed by atoms with Crippen LogP contribution in [0.25, 0.3) is 0 Å². The average Bonchev–Trinajstić information content (AvgIpc) is 3.26. The van der Waals surface area contributed by atoms with Gasteiger partial charge in [0.05, 0.1) is 11.7 Å². The lowest BCUT2D eigenvalue weighted by molar-refractivity contribution is -0.123. The molecule has 6 heteroatoms. The second-order valence-corrected chi connectivity index (χ2v) is 8.09. The maximum atomic E-state index is 12.7. The molecular weight excluding hydrogens is 386 g/mol. The van der Waals surface area contributed by atoms with Crippen LogP contribution < -0.4 is 5.32 Å². The first kappa shape index (κ1) is 21.4. The number of nitrogens with one attached hydrogen (secondary N) is 1. The highest BCUT2D eigenvalue weighted by Gasteiger charge is 2.22. The zero-order valence-electron chi connectivity index (χ0n) is 16.9. The summed E-state index contributed by atoms with van der Waals surface area (Å²) in [6.45, 7) is 4.46. The number of carbonyl (C=O) groups is 2. The number of thioether (sulfide) groups is 1. The van der Waals surface area contributed by atoms with Crippen molar-refractivity contribution in [1.82, 2.24) is 0 Å². The Morgan fingerprint density at radius 2 is 1.97 bits per heavy atom. The number of hydrogen-bond donors (Lipinski definition) is 1. The van der Waals surface area contributed by atoms with Crippen LogP contribution in [0.5, 0.6) is 0 Å². The molecule has 0 aromatic heterocycles. The van der Waals surface area contributed by atoms with Gasteiger partial charge in [0.25, 0.3) is 5.91 Å². The van der Waals surface area contributed by atoms with E-state index in [1.54, 1.807) is 30.8 Å². The number of ether oxygens (including phenoxy) is 2. The lowest BCUT2D eigenvalue weighted by Crippen LogP contribution is -2.30. The highest BCUT2D eigenvalue weighted by atomic mass is 32.2. The van der Waals surface area contributed by atoms with E-state index >= 15 is 0 Å². The molecule has 2 aromatic rings. The third kappa shape index (κ3) is 6.08. The summed E-state index contributed by atoms with van der Waals surface area (Å²) in [6, 6.07) is 15.0. The largest absolute Gasteiger partial charge is 0.449 e. The lowest BCUT2D eigenvalue weighted by Gasteiger charge is -2.16. The molecule has 0 radical (unpaired) electrons. The van der Waals surface area contributed by atoms with E-state index in [-0.39, 0.29) is 12.0 Å². The minimum absolute atomic E-state index is 0.230. The summed E-state index contributed by atoms with van der Waals surface area (Å²) in [5, 5.41) is 2.79. The fraction of sp³-hybridized carbons (Fsp3) is 0.391. The first-order valence-electron chi connectivity index (χ1n) is 10.0. The molecule has 1 N–H and O–H groups in total. The zero-order chi connectivity index (χ0) is 20.6. The van der Waals surface area contributed by atoms with Crippen LogP contribution in [0.4, 0.5) is 5.69 Å². The van der Waals surface area contributed by atoms with Gasteiger partial charge in [-0.2, -0.15) is 0 Å². The second-order valence-electron chi connectivity index (χ2n) is 7.03. The predicted octanol–water partition coefficient (Wildman–Crippen LogP) is 4.70. The highest BCUT2D eigenvalue weighted by molar-refractivity contribution is 7.99. The molecule has 5 nitrogen and oxygen atoms in total. The van der Waals surface area contributed by atoms with Gasteiger partial charge in [-0.1, -0.05) is 31.2 Å². The van der Waals surface area contributed by atoms with Gasteiger partial charge in [0, 0.05) is 22.9 Å². The third-order valence-corrected chi connectivity index (χ3v) is 6.04. The van der Waals surface area contributed by atoms with E-state index in [9.17, 15) is 9.59 Å². The minimum atomic E-state index is -0.899. The van der Waals surface area contributed by atoms with E-state index in [0.717, 1.165) is 36.5 Å². The monoisotopic (exact) mass is 413 g/mol. The van der Waals surface area contributed by atoms with Gasteiger partial charge < -0.3 is 14.8 Å². The van der Waals surface area contributed by atoms with Crippen LogP contribution in [0.15, 0.2) is 53.4 Å². The number of rotatable bonds is 8. The van der Waals surface area contributed by atoms with E-state index in [1.165, 1.54) is 5.56 Å². The van der Waals surface area contributed by atoms with Gasteiger partial charge in [-0.25, -0.2) is 4.79 Å². The van der Waals surface area contributed by atoms with Gasteiger partial charge in [-0.3, -0.25) is 4.79 Å². The Kier molecular flexibility index (Phi) is 7.72. The SMILES string of the molecule is CCc1ccc(NC(=O)[C@H](C)OC(=O)c2ccccc2SC[C@H]2CCCO2)cc1. The van der Waals surface area contributed by atoms with Crippen molar-refractivity contribution in [1.29, 1.82) is 0 Å². The smallest absolute Gasteiger partial charge is 0.340 e. The van der Waals surface area contributed by atoms with E-state index in [1.807, 2.05) is 36.4 Å². The molecule has 0 saturated carbocycles. The van der Waals surface area contributed by atoms with Crippen LogP contribution in [0.3, 0.4) is 0 Å². The molecule has 2 aromatic carbocycles. The van der Waals surface area contributed by atoms with Crippen LogP contribution >= 0.6 is 11.8 Å². The number of anilines is 1. The first-order chi connectivity index (χ1) is 14.1. The van der Waals surface area contributed by atoms with Crippen molar-refractivity contribution < 1.29 is 19.1 Å². The Labute approximate surface area is 176 Å². The van der Waals surface area contributed by atoms with E-state index in [2.05, 4.69) is 12.2 Å². The van der Waals surface area contributed by atoms with Crippen LogP contribution in [-0.4, -0.2) is 36.4 Å². The number of carbonyl (C=O) groups excluding carboxylic acids is 2. The molecule has 154 valence electrons. The molecule has 2 atom stereocenters. The van der Waals surface area contributed by atoms with Gasteiger partial charge in [0.1, 0.15) is 0 Å². The number of esters is 1. The standard InChI is InChI=1S/C23H27NO4S/c1-3-17-10-12-18(13-11-17)24-22(25)16(2)28-23(26)20-8-4-5-9-21(20)29-15-19-7-6-14-27-19/h4-5,8-13,16,19H,3,6-7,14-15H2,1-2H3,(H,24,25)/t16-,19+/m0/s1. The predicted molar refractivity (Wildman–Crippen MR) is 115 cm³/mol. The normalized spacial score (nSPS) is 17.0. The van der Waals surface area contributed by atoms with Crippen LogP contribution in [-0.2, 0) is 20.7 Å². The van der Waals surface area contributed by atoms with Gasteiger partial charge in [0.15, 0.2) is 6.10 Å². The van der Waals surface area contributed by atoms with Crippen LogP contribution in [0.1, 0.15) is 42.6 Å². The number of benzene rings is 2. The summed E-state index contributed by atoms with van der Waals surface area (Å²) >= 11 is 1.59. The van der Waals surface area contributed by atoms with Crippen LogP contribution in [0, 0.1) is 0 Å². The molecule has 1 aliphatic rings. The lowest BCUT2D eigenvalue weighted by atomic mass is 10.1. The molecule has 1 fully saturated rings. The van der Waals surface area contributed by atoms with Crippen LogP contribution in [0.2, 0.25) is 0 Å². The second kappa shape index (κ2) is 10.5. The van der Waals surface area contributed by atoms with Crippen molar-refractivity contribution in [2.75, 3.05) is 17.7 Å². The summed E-state index contributed by atoms with van der Waals surface area (Å²) in [5.41, 5.74) is 2.35. The first-order valence-corrected chi connectivity index (χ1v) is 11.0. The summed E-state index contributed by atoms with van der Waals surface area (Å²) in [5.74, 6) is -0.0508. The van der Waals surface area contributed by atoms with E-state index in [4.69, 9.17) is 9.47 Å². The Morgan fingerprint density at radius 3 is 2.66 bits per heavy atom.